The Morgan fingerprint density at radius 3 is 2.35 bits per heavy atom. The van der Waals surface area contributed by atoms with Crippen molar-refractivity contribution >= 4 is 11.6 Å². The fraction of sp³-hybridized carbons (Fsp3) is 0.357. The molecule has 0 atom stereocenters. The van der Waals surface area contributed by atoms with Crippen LogP contribution in [-0.2, 0) is 13.0 Å². The van der Waals surface area contributed by atoms with E-state index >= 15 is 0 Å². The number of hydrogen-bond donors (Lipinski definition) is 0. The lowest BCUT2D eigenvalue weighted by Gasteiger charge is -2.34. The fourth-order valence-electron chi connectivity index (χ4n) is 4.88. The monoisotopic (exact) mass is 500 g/mol. The molecule has 0 aliphatic carbocycles. The van der Waals surface area contributed by atoms with Gasteiger partial charge in [0, 0.05) is 32.7 Å². The molecule has 1 amide bonds. The summed E-state index contributed by atoms with van der Waals surface area (Å²) in [5.74, 6) is 1.18. The Hall–Kier alpha value is -3.98. The van der Waals surface area contributed by atoms with Crippen LogP contribution in [0, 0.1) is 6.92 Å². The highest BCUT2D eigenvalue weighted by molar-refractivity contribution is 5.94. The summed E-state index contributed by atoms with van der Waals surface area (Å²) in [5, 5.41) is 13.7. The number of aromatic nitrogens is 4. The zero-order chi connectivity index (χ0) is 25.9. The normalized spacial score (nSPS) is 14.2. The Balaban J connectivity index is 1.40. The lowest BCUT2D eigenvalue weighted by atomic mass is 10.0. The first-order valence-electron chi connectivity index (χ1n) is 12.6. The maximum Gasteiger partial charge on any atom is 0.276 e. The topological polar surface area (TPSA) is 85.1 Å². The second-order valence-corrected chi connectivity index (χ2v) is 9.17. The molecule has 4 aromatic rings. The highest BCUT2D eigenvalue weighted by atomic mass is 16.5. The largest absolute Gasteiger partial charge is 0.493 e. The van der Waals surface area contributed by atoms with Gasteiger partial charge in [-0.05, 0) is 36.6 Å². The minimum absolute atomic E-state index is 0.104. The zero-order valence-corrected chi connectivity index (χ0v) is 21.8. The smallest absolute Gasteiger partial charge is 0.276 e. The Morgan fingerprint density at radius 1 is 0.946 bits per heavy atom. The van der Waals surface area contributed by atoms with E-state index < -0.39 is 0 Å². The minimum Gasteiger partial charge on any atom is -0.493 e. The summed E-state index contributed by atoms with van der Waals surface area (Å²) in [4.78, 5) is 17.7. The van der Waals surface area contributed by atoms with Crippen LogP contribution >= 0.6 is 0 Å². The second-order valence-electron chi connectivity index (χ2n) is 9.17. The van der Waals surface area contributed by atoms with Crippen molar-refractivity contribution < 1.29 is 14.3 Å². The van der Waals surface area contributed by atoms with E-state index in [1.54, 1.807) is 18.7 Å². The van der Waals surface area contributed by atoms with Crippen molar-refractivity contribution in [2.45, 2.75) is 26.8 Å². The standard InChI is InChI=1S/C28H32N6O3/c1-5-22-25(21-11-12-23(36-3)24(17-21)37-4)27-30-29-26(19(2)34(27)31-22)28(35)33-15-13-32(14-16-33)18-20-9-7-6-8-10-20/h6-12,17H,5,13-16,18H2,1-4H3. The van der Waals surface area contributed by atoms with E-state index in [0.717, 1.165) is 36.5 Å². The molecule has 1 aliphatic heterocycles. The quantitative estimate of drug-likeness (QED) is 0.383. The molecule has 0 saturated carbocycles. The van der Waals surface area contributed by atoms with Gasteiger partial charge in [-0.2, -0.15) is 5.10 Å². The number of ether oxygens (including phenoxy) is 2. The van der Waals surface area contributed by atoms with E-state index in [4.69, 9.17) is 14.6 Å². The molecule has 1 aliphatic rings. The number of methoxy groups -OCH3 is 2. The van der Waals surface area contributed by atoms with Crippen molar-refractivity contribution in [2.24, 2.45) is 0 Å². The minimum atomic E-state index is -0.104. The zero-order valence-electron chi connectivity index (χ0n) is 21.8. The molecule has 1 saturated heterocycles. The third kappa shape index (κ3) is 4.74. The molecule has 0 bridgehead atoms. The summed E-state index contributed by atoms with van der Waals surface area (Å²) in [6.45, 7) is 7.77. The predicted molar refractivity (Wildman–Crippen MR) is 141 cm³/mol. The van der Waals surface area contributed by atoms with Crippen LogP contribution in [-0.4, -0.2) is 75.9 Å². The molecule has 9 heteroatoms. The van der Waals surface area contributed by atoms with Crippen LogP contribution in [0.25, 0.3) is 16.8 Å². The number of amides is 1. The SMILES string of the molecule is CCc1nn2c(C)c(C(=O)N3CCN(Cc4ccccc4)CC3)nnc2c1-c1ccc(OC)c(OC)c1. The van der Waals surface area contributed by atoms with E-state index in [9.17, 15) is 4.79 Å². The average Bonchev–Trinajstić information content (AvgIpc) is 3.33. The summed E-state index contributed by atoms with van der Waals surface area (Å²) >= 11 is 0. The number of nitrogens with zero attached hydrogens (tertiary/aromatic N) is 6. The number of piperazine rings is 1. The third-order valence-electron chi connectivity index (χ3n) is 6.96. The lowest BCUT2D eigenvalue weighted by molar-refractivity contribution is 0.0620. The van der Waals surface area contributed by atoms with Crippen LogP contribution < -0.4 is 9.47 Å². The molecule has 5 rings (SSSR count). The molecule has 2 aromatic heterocycles. The molecule has 0 unspecified atom stereocenters. The van der Waals surface area contributed by atoms with Crippen LogP contribution in [0.5, 0.6) is 11.5 Å². The molecular formula is C28H32N6O3. The number of rotatable bonds is 7. The Kier molecular flexibility index (Phi) is 7.05. The first kappa shape index (κ1) is 24.7. The Bertz CT molecular complexity index is 1410. The average molecular weight is 501 g/mol. The summed E-state index contributed by atoms with van der Waals surface area (Å²) in [6.07, 6.45) is 0.707. The molecule has 0 radical (unpaired) electrons. The van der Waals surface area contributed by atoms with Crippen LogP contribution in [0.2, 0.25) is 0 Å². The van der Waals surface area contributed by atoms with Crippen molar-refractivity contribution in [3.8, 4) is 22.6 Å². The Morgan fingerprint density at radius 2 is 1.68 bits per heavy atom. The fourth-order valence-corrected chi connectivity index (χ4v) is 4.88. The highest BCUT2D eigenvalue weighted by Gasteiger charge is 2.27. The van der Waals surface area contributed by atoms with E-state index in [-0.39, 0.29) is 5.91 Å². The summed E-state index contributed by atoms with van der Waals surface area (Å²) in [6, 6.07) is 16.2. The molecule has 1 fully saturated rings. The van der Waals surface area contributed by atoms with Gasteiger partial charge in [-0.25, -0.2) is 4.52 Å². The molecule has 0 N–H and O–H groups in total. The Labute approximate surface area is 216 Å². The first-order valence-corrected chi connectivity index (χ1v) is 12.6. The van der Waals surface area contributed by atoms with Gasteiger partial charge in [-0.15, -0.1) is 10.2 Å². The van der Waals surface area contributed by atoms with Crippen molar-refractivity contribution in [1.82, 2.24) is 29.6 Å². The van der Waals surface area contributed by atoms with Crippen LogP contribution in [0.15, 0.2) is 48.5 Å². The molecule has 0 spiro atoms. The number of carbonyl (C=O) groups excluding carboxylic acids is 1. The van der Waals surface area contributed by atoms with Crippen LogP contribution in [0.3, 0.4) is 0 Å². The van der Waals surface area contributed by atoms with Crippen LogP contribution in [0.1, 0.15) is 34.4 Å². The van der Waals surface area contributed by atoms with E-state index in [1.807, 2.05) is 36.1 Å². The summed E-state index contributed by atoms with van der Waals surface area (Å²) in [7, 11) is 3.22. The van der Waals surface area contributed by atoms with Crippen LogP contribution in [0.4, 0.5) is 0 Å². The maximum atomic E-state index is 13.4. The van der Waals surface area contributed by atoms with Crippen molar-refractivity contribution in [2.75, 3.05) is 40.4 Å². The number of benzene rings is 2. The molecule has 9 nitrogen and oxygen atoms in total. The number of hydrogen-bond acceptors (Lipinski definition) is 7. The lowest BCUT2D eigenvalue weighted by Crippen LogP contribution is -2.48. The van der Waals surface area contributed by atoms with Gasteiger partial charge in [-0.1, -0.05) is 43.3 Å². The van der Waals surface area contributed by atoms with Gasteiger partial charge in [0.2, 0.25) is 0 Å². The highest BCUT2D eigenvalue weighted by Crippen LogP contribution is 2.35. The van der Waals surface area contributed by atoms with Gasteiger partial charge in [-0.3, -0.25) is 9.69 Å². The third-order valence-corrected chi connectivity index (χ3v) is 6.96. The second kappa shape index (κ2) is 10.6. The molecular weight excluding hydrogens is 468 g/mol. The van der Waals surface area contributed by atoms with E-state index in [1.165, 1.54) is 5.56 Å². The van der Waals surface area contributed by atoms with Gasteiger partial charge in [0.25, 0.3) is 5.91 Å². The predicted octanol–water partition coefficient (Wildman–Crippen LogP) is 3.64. The van der Waals surface area contributed by atoms with Gasteiger partial charge in [0.15, 0.2) is 22.8 Å². The van der Waals surface area contributed by atoms with E-state index in [0.29, 0.717) is 48.0 Å². The maximum absolute atomic E-state index is 13.4. The molecule has 192 valence electrons. The van der Waals surface area contributed by atoms with Crippen molar-refractivity contribution in [3.63, 3.8) is 0 Å². The first-order chi connectivity index (χ1) is 18.0. The number of aryl methyl sites for hydroxylation is 2. The van der Waals surface area contributed by atoms with Gasteiger partial charge >= 0.3 is 0 Å². The van der Waals surface area contributed by atoms with Gasteiger partial charge < -0.3 is 14.4 Å². The van der Waals surface area contributed by atoms with Gasteiger partial charge in [0.1, 0.15) is 0 Å². The van der Waals surface area contributed by atoms with Crippen molar-refractivity contribution in [1.29, 1.82) is 0 Å². The number of fused-ring (bicyclic) bond motifs is 1. The van der Waals surface area contributed by atoms with E-state index in [2.05, 4.69) is 46.3 Å². The molecule has 3 heterocycles. The number of carbonyl (C=O) groups is 1. The summed E-state index contributed by atoms with van der Waals surface area (Å²) < 4.78 is 12.6. The van der Waals surface area contributed by atoms with Gasteiger partial charge in [0.05, 0.1) is 31.2 Å². The molecule has 2 aromatic carbocycles. The summed E-state index contributed by atoms with van der Waals surface area (Å²) in [5.41, 5.74) is 5.59. The molecule has 37 heavy (non-hydrogen) atoms. The van der Waals surface area contributed by atoms with Crippen molar-refractivity contribution in [3.05, 3.63) is 71.2 Å².